The highest BCUT2D eigenvalue weighted by molar-refractivity contribution is 7.47. The van der Waals surface area contributed by atoms with Crippen molar-refractivity contribution in [2.75, 3.05) is 26.4 Å². The molecule has 3 rings (SSSR count). The largest absolute Gasteiger partial charge is 0.472 e. The lowest BCUT2D eigenvalue weighted by Gasteiger charge is -2.49. The van der Waals surface area contributed by atoms with Crippen LogP contribution in [-0.4, -0.2) is 204 Å². The Bertz CT molecular complexity index is 1560. The number of aliphatic hydroxyl groups is 11. The van der Waals surface area contributed by atoms with E-state index in [0.29, 0.717) is 12.8 Å². The van der Waals surface area contributed by atoms with E-state index in [1.54, 1.807) is 0 Å². The van der Waals surface area contributed by atoms with Gasteiger partial charge in [0.15, 0.2) is 18.7 Å². The van der Waals surface area contributed by atoms with Gasteiger partial charge in [-0.1, -0.05) is 174 Å². The summed E-state index contributed by atoms with van der Waals surface area (Å²) >= 11 is 0. The number of phosphoric acid groups is 1. The number of rotatable bonds is 43. The summed E-state index contributed by atoms with van der Waals surface area (Å²) in [5.74, 6) is -1.32. The van der Waals surface area contributed by atoms with Gasteiger partial charge in [0.25, 0.3) is 0 Å². The first-order valence-corrected chi connectivity index (χ1v) is 30.9. The van der Waals surface area contributed by atoms with E-state index in [9.17, 15) is 75.2 Å². The minimum absolute atomic E-state index is 0.0248. The van der Waals surface area contributed by atoms with Crippen LogP contribution in [0.25, 0.3) is 0 Å². The van der Waals surface area contributed by atoms with Gasteiger partial charge in [0.05, 0.1) is 19.8 Å². The molecule has 0 aromatic carbocycles. The third-order valence-electron chi connectivity index (χ3n) is 14.9. The first-order valence-electron chi connectivity index (χ1n) is 29.4. The van der Waals surface area contributed by atoms with Crippen LogP contribution < -0.4 is 0 Å². The molecule has 3 aliphatic rings. The van der Waals surface area contributed by atoms with Crippen molar-refractivity contribution >= 4 is 19.8 Å². The molecule has 2 heterocycles. The molecule has 0 radical (unpaired) electrons. The maximum atomic E-state index is 14.0. The Morgan fingerprint density at radius 2 is 0.769 bits per heavy atom. The summed E-state index contributed by atoms with van der Waals surface area (Å²) in [6, 6.07) is 0. The zero-order valence-electron chi connectivity index (χ0n) is 46.5. The van der Waals surface area contributed by atoms with Gasteiger partial charge in [-0.05, 0) is 12.8 Å². The highest BCUT2D eigenvalue weighted by Crippen LogP contribution is 2.49. The summed E-state index contributed by atoms with van der Waals surface area (Å²) in [6.45, 7) is 1.01. The number of esters is 2. The fraction of sp³-hybridized carbons (Fsp3) is 0.963. The van der Waals surface area contributed by atoms with Crippen LogP contribution in [0.15, 0.2) is 0 Å². The van der Waals surface area contributed by atoms with Gasteiger partial charge in [-0.15, -0.1) is 0 Å². The molecule has 16 atom stereocenters. The van der Waals surface area contributed by atoms with Crippen LogP contribution in [0.3, 0.4) is 0 Å². The van der Waals surface area contributed by atoms with Gasteiger partial charge in [0.2, 0.25) is 0 Å². The van der Waals surface area contributed by atoms with E-state index in [1.165, 1.54) is 103 Å². The summed E-state index contributed by atoms with van der Waals surface area (Å²) in [4.78, 5) is 37.5. The monoisotopic (exact) mass is 1150 g/mol. The molecule has 0 aromatic heterocycles. The van der Waals surface area contributed by atoms with E-state index in [4.69, 9.17) is 37.5 Å². The minimum Gasteiger partial charge on any atom is -0.462 e. The molecule has 0 spiro atoms. The van der Waals surface area contributed by atoms with Gasteiger partial charge in [-0.25, -0.2) is 4.57 Å². The van der Waals surface area contributed by atoms with Crippen molar-refractivity contribution < 1.29 is 113 Å². The lowest BCUT2D eigenvalue weighted by atomic mass is 9.84. The Kier molecular flexibility index (Phi) is 36.1. The van der Waals surface area contributed by atoms with Gasteiger partial charge < -0.3 is 89.5 Å². The molecule has 78 heavy (non-hydrogen) atoms. The standard InChI is InChI=1S/C54H101O23P/c1-3-5-7-9-11-13-15-17-18-19-21-23-25-27-29-31-40(58)72-36(34-70-39(57)30-28-26-24-22-20-16-14-12-10-8-6-4-2)35-71-78(68,69)77-52-50(75-53-48(66)43(61)41(59)37(32-55)73-53)46(64)45(63)47(65)51(52)76-54-49(67)44(62)42(60)38(33-56)74-54/h36-38,41-56,59-67H,3-35H2,1-2H3,(H,68,69). The second-order valence-electron chi connectivity index (χ2n) is 21.5. The van der Waals surface area contributed by atoms with Crippen LogP contribution in [-0.2, 0) is 51.6 Å². The van der Waals surface area contributed by atoms with Crippen LogP contribution in [0.5, 0.6) is 0 Å². The summed E-state index contributed by atoms with van der Waals surface area (Å²) in [5, 5.41) is 117. The molecular weight excluding hydrogens is 1050 g/mol. The Morgan fingerprint density at radius 1 is 0.436 bits per heavy atom. The third kappa shape index (κ3) is 25.5. The van der Waals surface area contributed by atoms with E-state index in [-0.39, 0.29) is 12.8 Å². The predicted octanol–water partition coefficient (Wildman–Crippen LogP) is 3.76. The summed E-state index contributed by atoms with van der Waals surface area (Å²) in [6.07, 6.45) is -4.81. The number of hydrogen-bond acceptors (Lipinski definition) is 22. The number of ether oxygens (including phenoxy) is 6. The molecule has 23 nitrogen and oxygen atoms in total. The van der Waals surface area contributed by atoms with Crippen LogP contribution in [0.4, 0.5) is 0 Å². The summed E-state index contributed by atoms with van der Waals surface area (Å²) in [5.41, 5.74) is 0. The van der Waals surface area contributed by atoms with E-state index >= 15 is 0 Å². The van der Waals surface area contributed by atoms with Crippen molar-refractivity contribution in [2.24, 2.45) is 0 Å². The topological polar surface area (TPSA) is 368 Å². The highest BCUT2D eigenvalue weighted by Gasteiger charge is 2.58. The molecule has 0 bridgehead atoms. The zero-order chi connectivity index (χ0) is 57.5. The molecule has 0 aromatic rings. The maximum Gasteiger partial charge on any atom is 0.472 e. The van der Waals surface area contributed by atoms with Crippen LogP contribution >= 0.6 is 7.82 Å². The van der Waals surface area contributed by atoms with Crippen molar-refractivity contribution in [3.05, 3.63) is 0 Å². The number of phosphoric ester groups is 1. The average molecular weight is 1150 g/mol. The first-order chi connectivity index (χ1) is 37.4. The fourth-order valence-electron chi connectivity index (χ4n) is 10.0. The zero-order valence-corrected chi connectivity index (χ0v) is 47.3. The van der Waals surface area contributed by atoms with Crippen molar-refractivity contribution in [2.45, 2.75) is 304 Å². The van der Waals surface area contributed by atoms with Crippen LogP contribution in [0.1, 0.15) is 200 Å². The minimum atomic E-state index is -5.63. The van der Waals surface area contributed by atoms with Crippen molar-refractivity contribution in [3.63, 3.8) is 0 Å². The molecule has 0 amide bonds. The summed E-state index contributed by atoms with van der Waals surface area (Å²) < 4.78 is 58.1. The van der Waals surface area contributed by atoms with Crippen molar-refractivity contribution in [1.29, 1.82) is 0 Å². The molecule has 12 N–H and O–H groups in total. The van der Waals surface area contributed by atoms with Gasteiger partial charge >= 0.3 is 19.8 Å². The number of carbonyl (C=O) groups excluding carboxylic acids is 2. The number of hydrogen-bond donors (Lipinski definition) is 12. The average Bonchev–Trinajstić information content (AvgIpc) is 3.49. The van der Waals surface area contributed by atoms with Crippen molar-refractivity contribution in [1.82, 2.24) is 0 Å². The van der Waals surface area contributed by atoms with Gasteiger partial charge in [0.1, 0.15) is 92.1 Å². The molecule has 1 aliphatic carbocycles. The van der Waals surface area contributed by atoms with E-state index in [2.05, 4.69) is 13.8 Å². The van der Waals surface area contributed by atoms with Gasteiger partial charge in [-0.2, -0.15) is 0 Å². The molecule has 460 valence electrons. The first kappa shape index (κ1) is 70.7. The van der Waals surface area contributed by atoms with Crippen LogP contribution in [0.2, 0.25) is 0 Å². The highest BCUT2D eigenvalue weighted by atomic mass is 31.2. The number of carbonyl (C=O) groups is 2. The molecule has 2 aliphatic heterocycles. The number of unbranched alkanes of at least 4 members (excludes halogenated alkanes) is 25. The molecular formula is C54H101O23P. The smallest absolute Gasteiger partial charge is 0.462 e. The van der Waals surface area contributed by atoms with Gasteiger partial charge in [-0.3, -0.25) is 18.6 Å². The van der Waals surface area contributed by atoms with Crippen LogP contribution in [0, 0.1) is 0 Å². The van der Waals surface area contributed by atoms with E-state index in [1.807, 2.05) is 0 Å². The molecule has 3 fully saturated rings. The predicted molar refractivity (Wildman–Crippen MR) is 282 cm³/mol. The van der Waals surface area contributed by atoms with E-state index in [0.717, 1.165) is 57.8 Å². The summed E-state index contributed by atoms with van der Waals surface area (Å²) in [7, 11) is -5.63. The molecule has 16 unspecified atom stereocenters. The second kappa shape index (κ2) is 39.8. The quantitative estimate of drug-likeness (QED) is 0.0235. The van der Waals surface area contributed by atoms with E-state index < -0.39 is 150 Å². The molecule has 24 heteroatoms. The Balaban J connectivity index is 1.71. The normalized spacial score (nSPS) is 31.7. The fourth-order valence-corrected chi connectivity index (χ4v) is 11.0. The SMILES string of the molecule is CCCCCCCCCCCCCCCCCC(=O)OC(COC(=O)CCCCCCCCCCCCCC)COP(=O)(O)OC1C(OC2OC(CO)C(O)C(O)C2O)C(O)C(O)C(O)C1OC1OC(CO)C(O)C(O)C1O. The van der Waals surface area contributed by atoms with Gasteiger partial charge in [0, 0.05) is 12.8 Å². The third-order valence-corrected chi connectivity index (χ3v) is 15.9. The van der Waals surface area contributed by atoms with Crippen molar-refractivity contribution in [3.8, 4) is 0 Å². The number of aliphatic hydroxyl groups excluding tert-OH is 11. The maximum absolute atomic E-state index is 14.0. The molecule has 2 saturated heterocycles. The lowest BCUT2D eigenvalue weighted by Crippen LogP contribution is -2.69. The Morgan fingerprint density at radius 3 is 1.13 bits per heavy atom. The Labute approximate surface area is 461 Å². The Hall–Kier alpha value is -1.55. The lowest BCUT2D eigenvalue weighted by molar-refractivity contribution is -0.360. The second-order valence-corrected chi connectivity index (χ2v) is 22.9. The molecule has 1 saturated carbocycles.